The second-order valence-electron chi connectivity index (χ2n) is 6.44. The minimum absolute atomic E-state index is 0.00247. The second-order valence-corrected chi connectivity index (χ2v) is 8.21. The molecule has 1 aliphatic heterocycles. The van der Waals surface area contributed by atoms with E-state index in [1.165, 1.54) is 10.7 Å². The van der Waals surface area contributed by atoms with Crippen LogP contribution in [0.15, 0.2) is 23.1 Å². The number of hydrogen-bond donors (Lipinski definition) is 1. The molecule has 2 aromatic rings. The lowest BCUT2D eigenvalue weighted by Gasteiger charge is -2.15. The summed E-state index contributed by atoms with van der Waals surface area (Å²) in [6, 6.07) is 4.77. The Labute approximate surface area is 155 Å². The topological polar surface area (TPSA) is 73.2 Å². The van der Waals surface area contributed by atoms with Gasteiger partial charge in [-0.15, -0.1) is 0 Å². The standard InChI is InChI=1S/C17H20F3N3O3S/c1-11-3-4-13(9-12(11)2)27(24,25)21-6-7-23-15-5-8-26-10-14(15)16(22-23)17(18,19)20/h3-4,9,21H,5-8,10H2,1-2H3. The monoisotopic (exact) mass is 403 g/mol. The van der Waals surface area contributed by atoms with Gasteiger partial charge in [0.05, 0.1) is 24.7 Å². The van der Waals surface area contributed by atoms with Crippen molar-refractivity contribution in [1.29, 1.82) is 0 Å². The lowest BCUT2D eigenvalue weighted by Crippen LogP contribution is -2.28. The van der Waals surface area contributed by atoms with Crippen molar-refractivity contribution >= 4 is 10.0 Å². The molecule has 0 saturated heterocycles. The number of fused-ring (bicyclic) bond motifs is 1. The van der Waals surface area contributed by atoms with Gasteiger partial charge in [0.15, 0.2) is 5.69 Å². The van der Waals surface area contributed by atoms with E-state index < -0.39 is 21.9 Å². The first kappa shape index (κ1) is 19.8. The Balaban J connectivity index is 1.75. The van der Waals surface area contributed by atoms with Crippen LogP contribution in [0.3, 0.4) is 0 Å². The molecule has 10 heteroatoms. The van der Waals surface area contributed by atoms with Crippen LogP contribution in [-0.2, 0) is 40.5 Å². The predicted octanol–water partition coefficient (Wildman–Crippen LogP) is 2.57. The fourth-order valence-corrected chi connectivity index (χ4v) is 4.08. The number of nitrogens with zero attached hydrogens (tertiary/aromatic N) is 2. The van der Waals surface area contributed by atoms with E-state index in [0.29, 0.717) is 18.7 Å². The van der Waals surface area contributed by atoms with E-state index in [0.717, 1.165) is 11.1 Å². The van der Waals surface area contributed by atoms with E-state index in [1.54, 1.807) is 12.1 Å². The van der Waals surface area contributed by atoms with Crippen LogP contribution in [0.2, 0.25) is 0 Å². The molecule has 0 spiro atoms. The molecule has 0 aliphatic carbocycles. The number of benzene rings is 1. The van der Waals surface area contributed by atoms with E-state index in [-0.39, 0.29) is 30.2 Å². The molecule has 0 fully saturated rings. The maximum Gasteiger partial charge on any atom is 0.435 e. The molecular formula is C17H20F3N3O3S. The summed E-state index contributed by atoms with van der Waals surface area (Å²) in [4.78, 5) is 0.123. The summed E-state index contributed by atoms with van der Waals surface area (Å²) >= 11 is 0. The van der Waals surface area contributed by atoms with Crippen LogP contribution < -0.4 is 4.72 Å². The molecule has 3 rings (SSSR count). The zero-order chi connectivity index (χ0) is 19.8. The van der Waals surface area contributed by atoms with Crippen LogP contribution >= 0.6 is 0 Å². The van der Waals surface area contributed by atoms with Crippen LogP contribution in [0.4, 0.5) is 13.2 Å². The molecule has 0 atom stereocenters. The third-order valence-corrected chi connectivity index (χ3v) is 6.03. The number of alkyl halides is 3. The summed E-state index contributed by atoms with van der Waals surface area (Å²) in [7, 11) is -3.75. The second kappa shape index (κ2) is 7.25. The summed E-state index contributed by atoms with van der Waals surface area (Å²) in [6.07, 6.45) is -4.27. The molecule has 2 heterocycles. The maximum atomic E-state index is 13.1. The summed E-state index contributed by atoms with van der Waals surface area (Å²) < 4.78 is 73.0. The average molecular weight is 403 g/mol. The van der Waals surface area contributed by atoms with E-state index in [2.05, 4.69) is 9.82 Å². The summed E-state index contributed by atoms with van der Waals surface area (Å²) in [6.45, 7) is 3.79. The van der Waals surface area contributed by atoms with Gasteiger partial charge < -0.3 is 4.74 Å². The van der Waals surface area contributed by atoms with Crippen LogP contribution in [0.5, 0.6) is 0 Å². The van der Waals surface area contributed by atoms with Crippen molar-refractivity contribution in [2.45, 2.75) is 44.5 Å². The van der Waals surface area contributed by atoms with E-state index in [1.807, 2.05) is 13.8 Å². The van der Waals surface area contributed by atoms with Gasteiger partial charge in [-0.3, -0.25) is 4.68 Å². The predicted molar refractivity (Wildman–Crippen MR) is 91.7 cm³/mol. The number of rotatable bonds is 5. The van der Waals surface area contributed by atoms with E-state index in [4.69, 9.17) is 4.74 Å². The number of halogens is 3. The third kappa shape index (κ3) is 4.17. The number of sulfonamides is 1. The van der Waals surface area contributed by atoms with Gasteiger partial charge in [-0.2, -0.15) is 18.3 Å². The first-order chi connectivity index (χ1) is 12.6. The smallest absolute Gasteiger partial charge is 0.376 e. The normalized spacial score (nSPS) is 15.0. The van der Waals surface area contributed by atoms with Gasteiger partial charge in [0.2, 0.25) is 10.0 Å². The van der Waals surface area contributed by atoms with Gasteiger partial charge in [-0.05, 0) is 37.1 Å². The third-order valence-electron chi connectivity index (χ3n) is 4.57. The Morgan fingerprint density at radius 1 is 1.26 bits per heavy atom. The highest BCUT2D eigenvalue weighted by molar-refractivity contribution is 7.89. The molecule has 1 aromatic carbocycles. The number of hydrogen-bond acceptors (Lipinski definition) is 4. The minimum atomic E-state index is -4.57. The molecule has 1 aromatic heterocycles. The van der Waals surface area contributed by atoms with Crippen LogP contribution in [-0.4, -0.2) is 31.3 Å². The van der Waals surface area contributed by atoms with Gasteiger partial charge in [-0.25, -0.2) is 13.1 Å². The van der Waals surface area contributed by atoms with Gasteiger partial charge in [-0.1, -0.05) is 6.07 Å². The summed E-state index contributed by atoms with van der Waals surface area (Å²) in [5.41, 5.74) is 1.33. The number of aryl methyl sites for hydroxylation is 2. The highest BCUT2D eigenvalue weighted by Gasteiger charge is 2.39. The van der Waals surface area contributed by atoms with Crippen molar-refractivity contribution in [1.82, 2.24) is 14.5 Å². The van der Waals surface area contributed by atoms with Crippen molar-refractivity contribution in [3.05, 3.63) is 46.3 Å². The van der Waals surface area contributed by atoms with Crippen LogP contribution in [0.1, 0.15) is 28.1 Å². The number of ether oxygens (including phenoxy) is 1. The minimum Gasteiger partial charge on any atom is -0.376 e. The van der Waals surface area contributed by atoms with Crippen LogP contribution in [0.25, 0.3) is 0 Å². The Kier molecular flexibility index (Phi) is 5.33. The lowest BCUT2D eigenvalue weighted by atomic mass is 10.1. The maximum absolute atomic E-state index is 13.1. The molecule has 0 bridgehead atoms. The molecule has 148 valence electrons. The van der Waals surface area contributed by atoms with Crippen molar-refractivity contribution in [2.24, 2.45) is 0 Å². The molecule has 1 aliphatic rings. The summed E-state index contributed by atoms with van der Waals surface area (Å²) in [5.74, 6) is 0. The summed E-state index contributed by atoms with van der Waals surface area (Å²) in [5, 5.41) is 3.66. The van der Waals surface area contributed by atoms with Crippen molar-refractivity contribution in [3.8, 4) is 0 Å². The molecule has 1 N–H and O–H groups in total. The molecule has 0 radical (unpaired) electrons. The molecular weight excluding hydrogens is 383 g/mol. The Bertz CT molecular complexity index is 952. The zero-order valence-electron chi connectivity index (χ0n) is 14.9. The molecule has 27 heavy (non-hydrogen) atoms. The van der Waals surface area contributed by atoms with Gasteiger partial charge in [0, 0.05) is 24.2 Å². The average Bonchev–Trinajstić information content (AvgIpc) is 2.96. The van der Waals surface area contributed by atoms with E-state index >= 15 is 0 Å². The van der Waals surface area contributed by atoms with Gasteiger partial charge in [0.1, 0.15) is 0 Å². The fourth-order valence-electron chi connectivity index (χ4n) is 2.97. The largest absolute Gasteiger partial charge is 0.435 e. The van der Waals surface area contributed by atoms with Gasteiger partial charge >= 0.3 is 6.18 Å². The van der Waals surface area contributed by atoms with Gasteiger partial charge in [0.25, 0.3) is 0 Å². The molecule has 0 saturated carbocycles. The molecule has 0 amide bonds. The number of aromatic nitrogens is 2. The molecule has 6 nitrogen and oxygen atoms in total. The van der Waals surface area contributed by atoms with Crippen LogP contribution in [0, 0.1) is 13.8 Å². The number of nitrogens with one attached hydrogen (secondary N) is 1. The zero-order valence-corrected chi connectivity index (χ0v) is 15.7. The lowest BCUT2D eigenvalue weighted by molar-refractivity contribution is -0.142. The molecule has 0 unspecified atom stereocenters. The van der Waals surface area contributed by atoms with Crippen molar-refractivity contribution < 1.29 is 26.3 Å². The Morgan fingerprint density at radius 3 is 2.67 bits per heavy atom. The quantitative estimate of drug-likeness (QED) is 0.833. The first-order valence-corrected chi connectivity index (χ1v) is 9.88. The highest BCUT2D eigenvalue weighted by atomic mass is 32.2. The first-order valence-electron chi connectivity index (χ1n) is 8.40. The van der Waals surface area contributed by atoms with Crippen molar-refractivity contribution in [3.63, 3.8) is 0 Å². The SMILES string of the molecule is Cc1ccc(S(=O)(=O)NCCn2nc(C(F)(F)F)c3c2CCOC3)cc1C. The highest BCUT2D eigenvalue weighted by Crippen LogP contribution is 2.34. The Morgan fingerprint density at radius 2 is 2.00 bits per heavy atom. The fraction of sp³-hybridized carbons (Fsp3) is 0.471. The van der Waals surface area contributed by atoms with Crippen molar-refractivity contribution in [2.75, 3.05) is 13.2 Å². The van der Waals surface area contributed by atoms with E-state index in [9.17, 15) is 21.6 Å². The Hall–Kier alpha value is -1.91.